The Balaban J connectivity index is 1.95. The molecule has 3 rings (SSSR count). The van der Waals surface area contributed by atoms with Gasteiger partial charge in [-0.1, -0.05) is 12.1 Å². The quantitative estimate of drug-likeness (QED) is 0.549. The van der Waals surface area contributed by atoms with Crippen molar-refractivity contribution in [2.45, 2.75) is 13.5 Å². The van der Waals surface area contributed by atoms with Crippen LogP contribution in [0, 0.1) is 10.1 Å². The van der Waals surface area contributed by atoms with E-state index in [1.807, 2.05) is 35.8 Å². The van der Waals surface area contributed by atoms with Crippen molar-refractivity contribution in [3.05, 3.63) is 58.1 Å². The maximum Gasteiger partial charge on any atom is 0.293 e. The highest BCUT2D eigenvalue weighted by Crippen LogP contribution is 2.26. The molecule has 2 aromatic carbocycles. The lowest BCUT2D eigenvalue weighted by molar-refractivity contribution is -0.384. The molecule has 0 spiro atoms. The van der Waals surface area contributed by atoms with Gasteiger partial charge in [0.15, 0.2) is 0 Å². The number of hydrogen-bond donors (Lipinski definition) is 2. The fraction of sp³-hybridized carbons (Fsp3) is 0.176. The van der Waals surface area contributed by atoms with Gasteiger partial charge in [0.2, 0.25) is 5.95 Å². The van der Waals surface area contributed by atoms with Crippen LogP contribution in [0.3, 0.4) is 0 Å². The Labute approximate surface area is 143 Å². The number of nitrogens with zero attached hydrogens (tertiary/aromatic N) is 3. The van der Waals surface area contributed by atoms with Crippen LogP contribution in [0.5, 0.6) is 0 Å². The molecule has 0 aliphatic carbocycles. The zero-order valence-electron chi connectivity index (χ0n) is 13.8. The lowest BCUT2D eigenvalue weighted by Gasteiger charge is -2.08. The van der Waals surface area contributed by atoms with Gasteiger partial charge in [0.1, 0.15) is 5.69 Å². The van der Waals surface area contributed by atoms with Crippen LogP contribution in [0.15, 0.2) is 42.5 Å². The number of aromatic nitrogens is 2. The number of carbonyl (C=O) groups is 1. The molecule has 0 unspecified atom stereocenters. The Morgan fingerprint density at radius 3 is 2.72 bits per heavy atom. The van der Waals surface area contributed by atoms with Gasteiger partial charge < -0.3 is 9.88 Å². The normalized spacial score (nSPS) is 10.6. The van der Waals surface area contributed by atoms with Crippen molar-refractivity contribution in [3.63, 3.8) is 0 Å². The van der Waals surface area contributed by atoms with E-state index in [0.29, 0.717) is 18.2 Å². The number of nitrogens with one attached hydrogen (secondary N) is 2. The number of nitro benzene ring substituents is 1. The summed E-state index contributed by atoms with van der Waals surface area (Å²) in [6.07, 6.45) is 0. The molecule has 8 heteroatoms. The highest BCUT2D eigenvalue weighted by molar-refractivity contribution is 6.05. The number of hydrogen-bond acceptors (Lipinski definition) is 5. The smallest absolute Gasteiger partial charge is 0.293 e. The van der Waals surface area contributed by atoms with Crippen LogP contribution in [0.2, 0.25) is 0 Å². The minimum absolute atomic E-state index is 0.154. The standard InChI is InChI=1S/C17H17N5O3/c1-3-21-14-7-5-4-6-13(14)19-17(21)20-16(23)11-8-9-12(18-2)15(10-11)22(24)25/h4-10,18H,3H2,1-2H3,(H,19,20,23). The van der Waals surface area contributed by atoms with Crippen LogP contribution >= 0.6 is 0 Å². The topological polar surface area (TPSA) is 102 Å². The number of fused-ring (bicyclic) bond motifs is 1. The number of amides is 1. The first-order valence-corrected chi connectivity index (χ1v) is 7.78. The first-order valence-electron chi connectivity index (χ1n) is 7.78. The lowest BCUT2D eigenvalue weighted by Crippen LogP contribution is -2.16. The Morgan fingerprint density at radius 2 is 2.04 bits per heavy atom. The molecular formula is C17H17N5O3. The first kappa shape index (κ1) is 16.4. The van der Waals surface area contributed by atoms with E-state index in [1.54, 1.807) is 7.05 Å². The van der Waals surface area contributed by atoms with E-state index < -0.39 is 10.8 Å². The summed E-state index contributed by atoms with van der Waals surface area (Å²) in [5, 5.41) is 16.6. The molecule has 0 radical (unpaired) electrons. The molecule has 2 N–H and O–H groups in total. The van der Waals surface area contributed by atoms with Gasteiger partial charge in [0, 0.05) is 25.2 Å². The summed E-state index contributed by atoms with van der Waals surface area (Å²) >= 11 is 0. The van der Waals surface area contributed by atoms with Crippen molar-refractivity contribution >= 4 is 34.3 Å². The highest BCUT2D eigenvalue weighted by atomic mass is 16.6. The number of nitro groups is 1. The van der Waals surface area contributed by atoms with E-state index in [0.717, 1.165) is 11.0 Å². The largest absolute Gasteiger partial charge is 0.383 e. The number of carbonyl (C=O) groups excluding carboxylic acids is 1. The van der Waals surface area contributed by atoms with Crippen molar-refractivity contribution in [3.8, 4) is 0 Å². The van der Waals surface area contributed by atoms with Crippen molar-refractivity contribution in [2.75, 3.05) is 17.7 Å². The maximum absolute atomic E-state index is 12.5. The Morgan fingerprint density at radius 1 is 1.28 bits per heavy atom. The summed E-state index contributed by atoms with van der Waals surface area (Å²) in [5.74, 6) is -0.0372. The fourth-order valence-electron chi connectivity index (χ4n) is 2.70. The minimum Gasteiger partial charge on any atom is -0.383 e. The molecule has 0 aliphatic rings. The van der Waals surface area contributed by atoms with Gasteiger partial charge in [-0.3, -0.25) is 20.2 Å². The molecule has 0 saturated carbocycles. The second-order valence-corrected chi connectivity index (χ2v) is 5.36. The predicted molar refractivity (Wildman–Crippen MR) is 96.0 cm³/mol. The van der Waals surface area contributed by atoms with Crippen LogP contribution in [-0.2, 0) is 6.54 Å². The average molecular weight is 339 g/mol. The van der Waals surface area contributed by atoms with E-state index in [4.69, 9.17) is 0 Å². The van der Waals surface area contributed by atoms with Gasteiger partial charge >= 0.3 is 0 Å². The molecule has 0 saturated heterocycles. The molecule has 0 fully saturated rings. The molecule has 0 aliphatic heterocycles. The molecule has 128 valence electrons. The highest BCUT2D eigenvalue weighted by Gasteiger charge is 2.18. The molecule has 8 nitrogen and oxygen atoms in total. The third-order valence-corrected chi connectivity index (χ3v) is 3.92. The number of rotatable bonds is 5. The van der Waals surface area contributed by atoms with Crippen molar-refractivity contribution in [2.24, 2.45) is 0 Å². The predicted octanol–water partition coefficient (Wildman–Crippen LogP) is 3.26. The molecule has 0 bridgehead atoms. The molecule has 1 amide bonds. The summed E-state index contributed by atoms with van der Waals surface area (Å²) in [7, 11) is 1.59. The van der Waals surface area contributed by atoms with E-state index in [2.05, 4.69) is 15.6 Å². The monoisotopic (exact) mass is 339 g/mol. The SMILES string of the molecule is CCn1c(NC(=O)c2ccc(NC)c([N+](=O)[O-])c2)nc2ccccc21. The summed E-state index contributed by atoms with van der Waals surface area (Å²) in [5.41, 5.74) is 2.08. The maximum atomic E-state index is 12.5. The van der Waals surface area contributed by atoms with Gasteiger partial charge in [-0.2, -0.15) is 0 Å². The van der Waals surface area contributed by atoms with Gasteiger partial charge in [-0.15, -0.1) is 0 Å². The third-order valence-electron chi connectivity index (χ3n) is 3.92. The second-order valence-electron chi connectivity index (χ2n) is 5.36. The minimum atomic E-state index is -0.524. The molecule has 25 heavy (non-hydrogen) atoms. The summed E-state index contributed by atoms with van der Waals surface area (Å²) in [6.45, 7) is 2.59. The number of aryl methyl sites for hydroxylation is 1. The van der Waals surface area contributed by atoms with Crippen molar-refractivity contribution in [1.29, 1.82) is 0 Å². The Kier molecular flexibility index (Phi) is 4.34. The zero-order valence-corrected chi connectivity index (χ0v) is 13.8. The summed E-state index contributed by atoms with van der Waals surface area (Å²) in [6, 6.07) is 11.9. The Bertz CT molecular complexity index is 964. The van der Waals surface area contributed by atoms with E-state index in [-0.39, 0.29) is 11.3 Å². The van der Waals surface area contributed by atoms with Gasteiger partial charge in [-0.05, 0) is 31.2 Å². The Hall–Kier alpha value is -3.42. The van der Waals surface area contributed by atoms with E-state index in [9.17, 15) is 14.9 Å². The molecule has 1 aromatic heterocycles. The summed E-state index contributed by atoms with van der Waals surface area (Å²) in [4.78, 5) is 27.6. The molecular weight excluding hydrogens is 322 g/mol. The summed E-state index contributed by atoms with van der Waals surface area (Å²) < 4.78 is 1.88. The van der Waals surface area contributed by atoms with E-state index in [1.165, 1.54) is 18.2 Å². The number of para-hydroxylation sites is 2. The van der Waals surface area contributed by atoms with Gasteiger partial charge in [-0.25, -0.2) is 4.98 Å². The fourth-order valence-corrected chi connectivity index (χ4v) is 2.70. The lowest BCUT2D eigenvalue weighted by atomic mass is 10.1. The van der Waals surface area contributed by atoms with Crippen LogP contribution in [0.4, 0.5) is 17.3 Å². The van der Waals surface area contributed by atoms with Crippen molar-refractivity contribution in [1.82, 2.24) is 9.55 Å². The van der Waals surface area contributed by atoms with Gasteiger partial charge in [0.25, 0.3) is 11.6 Å². The van der Waals surface area contributed by atoms with Crippen LogP contribution in [0.1, 0.15) is 17.3 Å². The number of anilines is 2. The second kappa shape index (κ2) is 6.60. The third kappa shape index (κ3) is 3.01. The first-order chi connectivity index (χ1) is 12.0. The number of imidazole rings is 1. The van der Waals surface area contributed by atoms with Crippen LogP contribution in [-0.4, -0.2) is 27.4 Å². The van der Waals surface area contributed by atoms with Gasteiger partial charge in [0.05, 0.1) is 16.0 Å². The van der Waals surface area contributed by atoms with E-state index >= 15 is 0 Å². The molecule has 1 heterocycles. The zero-order chi connectivity index (χ0) is 18.0. The van der Waals surface area contributed by atoms with Crippen LogP contribution in [0.25, 0.3) is 11.0 Å². The van der Waals surface area contributed by atoms with Crippen molar-refractivity contribution < 1.29 is 9.72 Å². The number of benzene rings is 2. The molecule has 0 atom stereocenters. The van der Waals surface area contributed by atoms with Crippen LogP contribution < -0.4 is 10.6 Å². The molecule has 3 aromatic rings. The average Bonchev–Trinajstić information content (AvgIpc) is 2.97.